The van der Waals surface area contributed by atoms with Crippen molar-refractivity contribution in [3.8, 4) is 0 Å². The lowest BCUT2D eigenvalue weighted by molar-refractivity contribution is 0.0663. The monoisotopic (exact) mass is 235 g/mol. The number of aromatic carboxylic acids is 1. The average Bonchev–Trinajstić information content (AvgIpc) is 2.86. The molecule has 1 atom stereocenters. The smallest absolute Gasteiger partial charge is 0.371 e. The van der Waals surface area contributed by atoms with E-state index in [-0.39, 0.29) is 11.8 Å². The maximum absolute atomic E-state index is 10.6. The molecule has 2 heterocycles. The summed E-state index contributed by atoms with van der Waals surface area (Å²) in [6, 6.07) is 6.64. The second-order valence-corrected chi connectivity index (χ2v) is 3.78. The van der Waals surface area contributed by atoms with Crippen LogP contribution in [0.5, 0.6) is 0 Å². The zero-order valence-electron chi connectivity index (χ0n) is 9.56. The van der Waals surface area contributed by atoms with Crippen LogP contribution in [0.25, 0.3) is 0 Å². The molecule has 0 saturated heterocycles. The minimum absolute atomic E-state index is 0.0866. The predicted octanol–water partition coefficient (Wildman–Crippen LogP) is 3.05. The minimum atomic E-state index is -1.08. The van der Waals surface area contributed by atoms with Gasteiger partial charge in [0.05, 0.1) is 6.04 Å². The van der Waals surface area contributed by atoms with Crippen LogP contribution in [0.15, 0.2) is 33.1 Å². The van der Waals surface area contributed by atoms with Crippen LogP contribution in [-0.4, -0.2) is 11.1 Å². The summed E-state index contributed by atoms with van der Waals surface area (Å²) in [4.78, 5) is 10.6. The molecular formula is C12H13NO4. The van der Waals surface area contributed by atoms with Gasteiger partial charge in [0.25, 0.3) is 0 Å². The van der Waals surface area contributed by atoms with Crippen molar-refractivity contribution >= 4 is 11.9 Å². The number of anilines is 1. The molecule has 0 spiro atoms. The van der Waals surface area contributed by atoms with Gasteiger partial charge >= 0.3 is 5.97 Å². The van der Waals surface area contributed by atoms with Crippen LogP contribution < -0.4 is 5.32 Å². The van der Waals surface area contributed by atoms with E-state index >= 15 is 0 Å². The Kier molecular flexibility index (Phi) is 2.91. The van der Waals surface area contributed by atoms with Crippen LogP contribution in [0, 0.1) is 6.92 Å². The van der Waals surface area contributed by atoms with Crippen LogP contribution in [0.2, 0.25) is 0 Å². The van der Waals surface area contributed by atoms with Gasteiger partial charge in [0.15, 0.2) is 5.88 Å². The molecule has 5 heteroatoms. The Balaban J connectivity index is 2.07. The highest BCUT2D eigenvalue weighted by atomic mass is 16.4. The fourth-order valence-corrected chi connectivity index (χ4v) is 1.50. The van der Waals surface area contributed by atoms with Gasteiger partial charge in [0.1, 0.15) is 11.5 Å². The number of hydrogen-bond acceptors (Lipinski definition) is 4. The summed E-state index contributed by atoms with van der Waals surface area (Å²) in [7, 11) is 0. The van der Waals surface area contributed by atoms with Gasteiger partial charge in [-0.25, -0.2) is 4.79 Å². The summed E-state index contributed by atoms with van der Waals surface area (Å²) in [5, 5.41) is 11.7. The summed E-state index contributed by atoms with van der Waals surface area (Å²) in [5.41, 5.74) is 0. The molecule has 2 aromatic heterocycles. The highest BCUT2D eigenvalue weighted by molar-refractivity contribution is 5.84. The Bertz CT molecular complexity index is 526. The number of nitrogens with one attached hydrogen (secondary N) is 1. The molecule has 0 aromatic carbocycles. The van der Waals surface area contributed by atoms with Crippen LogP contribution >= 0.6 is 0 Å². The lowest BCUT2D eigenvalue weighted by Gasteiger charge is -2.09. The fourth-order valence-electron chi connectivity index (χ4n) is 1.50. The highest BCUT2D eigenvalue weighted by Gasteiger charge is 2.13. The summed E-state index contributed by atoms with van der Waals surface area (Å²) in [6.07, 6.45) is 0. The minimum Gasteiger partial charge on any atom is -0.475 e. The number of aryl methyl sites for hydroxylation is 1. The Hall–Kier alpha value is -2.17. The first-order valence-corrected chi connectivity index (χ1v) is 5.22. The highest BCUT2D eigenvalue weighted by Crippen LogP contribution is 2.22. The predicted molar refractivity (Wildman–Crippen MR) is 61.2 cm³/mol. The first kappa shape index (κ1) is 11.3. The van der Waals surface area contributed by atoms with E-state index in [4.69, 9.17) is 13.9 Å². The molecule has 2 rings (SSSR count). The molecule has 0 aliphatic heterocycles. The lowest BCUT2D eigenvalue weighted by atomic mass is 10.2. The van der Waals surface area contributed by atoms with Crippen LogP contribution in [0.4, 0.5) is 5.88 Å². The van der Waals surface area contributed by atoms with E-state index in [2.05, 4.69) is 5.32 Å². The normalized spacial score (nSPS) is 12.4. The van der Waals surface area contributed by atoms with Crippen molar-refractivity contribution in [3.05, 3.63) is 41.5 Å². The van der Waals surface area contributed by atoms with Crippen LogP contribution in [0.3, 0.4) is 0 Å². The summed E-state index contributed by atoms with van der Waals surface area (Å²) >= 11 is 0. The van der Waals surface area contributed by atoms with Gasteiger partial charge in [0, 0.05) is 6.07 Å². The van der Waals surface area contributed by atoms with Crippen LogP contribution in [-0.2, 0) is 0 Å². The molecule has 2 N–H and O–H groups in total. The Morgan fingerprint density at radius 3 is 2.59 bits per heavy atom. The van der Waals surface area contributed by atoms with Crippen molar-refractivity contribution in [2.75, 3.05) is 5.32 Å². The SMILES string of the molecule is Cc1ccc(C(C)Nc2ccc(C(=O)O)o2)o1. The average molecular weight is 235 g/mol. The van der Waals surface area contributed by atoms with Gasteiger partial charge in [-0.1, -0.05) is 0 Å². The van der Waals surface area contributed by atoms with E-state index < -0.39 is 5.97 Å². The second-order valence-electron chi connectivity index (χ2n) is 3.78. The van der Waals surface area contributed by atoms with Gasteiger partial charge in [-0.2, -0.15) is 0 Å². The molecule has 0 radical (unpaired) electrons. The molecule has 5 nitrogen and oxygen atoms in total. The maximum Gasteiger partial charge on any atom is 0.371 e. The Morgan fingerprint density at radius 2 is 2.06 bits per heavy atom. The van der Waals surface area contributed by atoms with Crippen molar-refractivity contribution < 1.29 is 18.7 Å². The third-order valence-electron chi connectivity index (χ3n) is 2.36. The van der Waals surface area contributed by atoms with Crippen molar-refractivity contribution in [3.63, 3.8) is 0 Å². The number of carbonyl (C=O) groups is 1. The molecule has 0 bridgehead atoms. The van der Waals surface area contributed by atoms with E-state index in [1.807, 2.05) is 26.0 Å². The van der Waals surface area contributed by atoms with Gasteiger partial charge in [-0.3, -0.25) is 0 Å². The zero-order valence-corrected chi connectivity index (χ0v) is 9.56. The molecule has 90 valence electrons. The van der Waals surface area contributed by atoms with E-state index in [0.717, 1.165) is 11.5 Å². The molecular weight excluding hydrogens is 222 g/mol. The van der Waals surface area contributed by atoms with Gasteiger partial charge in [0.2, 0.25) is 5.76 Å². The number of furan rings is 2. The zero-order chi connectivity index (χ0) is 12.4. The Morgan fingerprint density at radius 1 is 1.29 bits per heavy atom. The first-order valence-electron chi connectivity index (χ1n) is 5.22. The fraction of sp³-hybridized carbons (Fsp3) is 0.250. The van der Waals surface area contributed by atoms with E-state index in [1.54, 1.807) is 6.07 Å². The Labute approximate surface area is 98.0 Å². The second kappa shape index (κ2) is 4.37. The number of hydrogen-bond donors (Lipinski definition) is 2. The summed E-state index contributed by atoms with van der Waals surface area (Å²) < 4.78 is 10.5. The largest absolute Gasteiger partial charge is 0.475 e. The summed E-state index contributed by atoms with van der Waals surface area (Å²) in [5.74, 6) is 0.842. The molecule has 2 aromatic rings. The number of carboxylic acid groups (broad SMARTS) is 1. The van der Waals surface area contributed by atoms with Crippen molar-refractivity contribution in [2.24, 2.45) is 0 Å². The van der Waals surface area contributed by atoms with Crippen molar-refractivity contribution in [2.45, 2.75) is 19.9 Å². The third-order valence-corrected chi connectivity index (χ3v) is 2.36. The molecule has 1 unspecified atom stereocenters. The van der Waals surface area contributed by atoms with Crippen molar-refractivity contribution in [1.29, 1.82) is 0 Å². The van der Waals surface area contributed by atoms with E-state index in [1.165, 1.54) is 6.07 Å². The lowest BCUT2D eigenvalue weighted by Crippen LogP contribution is -2.04. The van der Waals surface area contributed by atoms with Gasteiger partial charge < -0.3 is 19.3 Å². The third kappa shape index (κ3) is 2.50. The molecule has 17 heavy (non-hydrogen) atoms. The van der Waals surface area contributed by atoms with Gasteiger partial charge in [-0.15, -0.1) is 0 Å². The molecule has 0 aliphatic rings. The molecule has 0 aliphatic carbocycles. The van der Waals surface area contributed by atoms with Crippen LogP contribution in [0.1, 0.15) is 35.0 Å². The molecule has 0 fully saturated rings. The first-order chi connectivity index (χ1) is 8.06. The van der Waals surface area contributed by atoms with Crippen molar-refractivity contribution in [1.82, 2.24) is 0 Å². The number of carboxylic acids is 1. The standard InChI is InChI=1S/C12H13NO4/c1-7-3-4-9(16-7)8(2)13-11-6-5-10(17-11)12(14)15/h3-6,8,13H,1-2H3,(H,14,15). The van der Waals surface area contributed by atoms with E-state index in [0.29, 0.717) is 5.88 Å². The number of rotatable bonds is 4. The van der Waals surface area contributed by atoms with E-state index in [9.17, 15) is 4.79 Å². The quantitative estimate of drug-likeness (QED) is 0.851. The summed E-state index contributed by atoms with van der Waals surface area (Å²) in [6.45, 7) is 3.77. The maximum atomic E-state index is 10.6. The van der Waals surface area contributed by atoms with Gasteiger partial charge in [-0.05, 0) is 32.0 Å². The molecule has 0 saturated carbocycles. The topological polar surface area (TPSA) is 75.6 Å². The molecule has 0 amide bonds.